The van der Waals surface area contributed by atoms with Crippen LogP contribution >= 0.6 is 15.9 Å². The van der Waals surface area contributed by atoms with E-state index in [4.69, 9.17) is 11.3 Å². The van der Waals surface area contributed by atoms with E-state index < -0.39 is 0 Å². The molecule has 3 heteroatoms. The van der Waals surface area contributed by atoms with Gasteiger partial charge in [-0.2, -0.15) is 0 Å². The van der Waals surface area contributed by atoms with Crippen LogP contribution < -0.4 is 4.74 Å². The monoisotopic (exact) mass is 239 g/mol. The number of ether oxygens (including phenoxy) is 1. The number of benzene rings is 1. The second-order valence-electron chi connectivity index (χ2n) is 2.73. The molecule has 0 bridgehead atoms. The SMILES string of the molecule is [C-]#[N+]CC(C)Oc1cccc(Br)c1. The maximum Gasteiger partial charge on any atom is 0.250 e. The Hall–Kier alpha value is -1.01. The molecule has 0 amide bonds. The lowest BCUT2D eigenvalue weighted by molar-refractivity contribution is 0.238. The van der Waals surface area contributed by atoms with Gasteiger partial charge in [-0.1, -0.05) is 22.0 Å². The highest BCUT2D eigenvalue weighted by Gasteiger charge is 2.05. The first-order chi connectivity index (χ1) is 6.22. The maximum atomic E-state index is 6.68. The summed E-state index contributed by atoms with van der Waals surface area (Å²) in [6.07, 6.45) is -0.0493. The normalized spacial score (nSPS) is 11.8. The molecule has 0 aromatic heterocycles. The van der Waals surface area contributed by atoms with Gasteiger partial charge >= 0.3 is 0 Å². The van der Waals surface area contributed by atoms with Crippen molar-refractivity contribution < 1.29 is 4.74 Å². The Morgan fingerprint density at radius 3 is 3.00 bits per heavy atom. The van der Waals surface area contributed by atoms with Crippen molar-refractivity contribution in [3.05, 3.63) is 40.2 Å². The smallest absolute Gasteiger partial charge is 0.250 e. The summed E-state index contributed by atoms with van der Waals surface area (Å²) in [5.74, 6) is 0.797. The van der Waals surface area contributed by atoms with Crippen LogP contribution in [0, 0.1) is 6.57 Å². The van der Waals surface area contributed by atoms with Crippen molar-refractivity contribution in [2.45, 2.75) is 13.0 Å². The third kappa shape index (κ3) is 3.47. The number of hydrogen-bond acceptors (Lipinski definition) is 1. The summed E-state index contributed by atoms with van der Waals surface area (Å²) >= 11 is 3.35. The highest BCUT2D eigenvalue weighted by Crippen LogP contribution is 2.18. The molecule has 0 saturated heterocycles. The summed E-state index contributed by atoms with van der Waals surface area (Å²) in [6, 6.07) is 7.61. The Bertz CT molecular complexity index is 319. The molecule has 0 fully saturated rings. The number of hydrogen-bond donors (Lipinski definition) is 0. The molecular formula is C10H10BrNO. The summed E-state index contributed by atoms with van der Waals surface area (Å²) in [5, 5.41) is 0. The number of nitrogens with zero attached hydrogens (tertiary/aromatic N) is 1. The first-order valence-corrected chi connectivity index (χ1v) is 4.77. The van der Waals surface area contributed by atoms with Gasteiger partial charge < -0.3 is 9.58 Å². The van der Waals surface area contributed by atoms with E-state index in [1.807, 2.05) is 31.2 Å². The van der Waals surface area contributed by atoms with Crippen molar-refractivity contribution >= 4 is 15.9 Å². The van der Waals surface area contributed by atoms with Gasteiger partial charge in [-0.3, -0.25) is 0 Å². The van der Waals surface area contributed by atoms with E-state index in [0.29, 0.717) is 6.54 Å². The van der Waals surface area contributed by atoms with Crippen LogP contribution in [-0.4, -0.2) is 12.6 Å². The van der Waals surface area contributed by atoms with Crippen molar-refractivity contribution in [3.8, 4) is 5.75 Å². The third-order valence-corrected chi connectivity index (χ3v) is 1.97. The molecule has 68 valence electrons. The highest BCUT2D eigenvalue weighted by molar-refractivity contribution is 9.10. The minimum atomic E-state index is -0.0493. The van der Waals surface area contributed by atoms with Gasteiger partial charge in [0.05, 0.1) is 0 Å². The second kappa shape index (κ2) is 4.88. The van der Waals surface area contributed by atoms with E-state index in [9.17, 15) is 0 Å². The van der Waals surface area contributed by atoms with Crippen molar-refractivity contribution in [2.75, 3.05) is 6.54 Å². The predicted octanol–water partition coefficient (Wildman–Crippen LogP) is 3.14. The average molecular weight is 240 g/mol. The molecule has 0 aliphatic rings. The van der Waals surface area contributed by atoms with E-state index in [1.165, 1.54) is 0 Å². The fourth-order valence-corrected chi connectivity index (χ4v) is 1.32. The van der Waals surface area contributed by atoms with Gasteiger partial charge in [0.25, 0.3) is 6.54 Å². The van der Waals surface area contributed by atoms with Gasteiger partial charge in [0.2, 0.25) is 0 Å². The van der Waals surface area contributed by atoms with Crippen LogP contribution in [-0.2, 0) is 0 Å². The molecule has 1 rings (SSSR count). The van der Waals surface area contributed by atoms with E-state index in [2.05, 4.69) is 20.8 Å². The zero-order valence-electron chi connectivity index (χ0n) is 7.33. The summed E-state index contributed by atoms with van der Waals surface area (Å²) < 4.78 is 6.48. The molecular weight excluding hydrogens is 230 g/mol. The predicted molar refractivity (Wildman–Crippen MR) is 55.7 cm³/mol. The lowest BCUT2D eigenvalue weighted by Gasteiger charge is -2.09. The summed E-state index contributed by atoms with van der Waals surface area (Å²) in [5.41, 5.74) is 0. The zero-order valence-corrected chi connectivity index (χ0v) is 8.91. The van der Waals surface area contributed by atoms with Crippen LogP contribution in [0.1, 0.15) is 6.92 Å². The fourth-order valence-electron chi connectivity index (χ4n) is 0.938. The van der Waals surface area contributed by atoms with E-state index in [-0.39, 0.29) is 6.10 Å². The Labute approximate surface area is 86.5 Å². The minimum absolute atomic E-state index is 0.0493. The zero-order chi connectivity index (χ0) is 9.68. The van der Waals surface area contributed by atoms with Crippen LogP contribution in [0.15, 0.2) is 28.7 Å². The molecule has 1 unspecified atom stereocenters. The Kier molecular flexibility index (Phi) is 3.78. The Morgan fingerprint density at radius 1 is 1.62 bits per heavy atom. The molecule has 0 N–H and O–H groups in total. The van der Waals surface area contributed by atoms with Crippen LogP contribution in [0.5, 0.6) is 5.75 Å². The van der Waals surface area contributed by atoms with Gasteiger partial charge in [0.1, 0.15) is 5.75 Å². The average Bonchev–Trinajstić information content (AvgIpc) is 2.04. The molecule has 2 nitrogen and oxygen atoms in total. The van der Waals surface area contributed by atoms with E-state index in [1.54, 1.807) is 0 Å². The first kappa shape index (κ1) is 10.1. The molecule has 0 aliphatic heterocycles. The molecule has 0 saturated carbocycles. The van der Waals surface area contributed by atoms with Crippen LogP contribution in [0.25, 0.3) is 4.85 Å². The highest BCUT2D eigenvalue weighted by atomic mass is 79.9. The van der Waals surface area contributed by atoms with Crippen molar-refractivity contribution in [3.63, 3.8) is 0 Å². The fraction of sp³-hybridized carbons (Fsp3) is 0.300. The van der Waals surface area contributed by atoms with Gasteiger partial charge in [-0.05, 0) is 25.1 Å². The standard InChI is InChI=1S/C10H10BrNO/c1-8(7-12-2)13-10-5-3-4-9(11)6-10/h3-6,8H,7H2,1H3. The largest absolute Gasteiger partial charge is 0.483 e. The molecule has 0 spiro atoms. The lowest BCUT2D eigenvalue weighted by Crippen LogP contribution is -2.14. The molecule has 0 radical (unpaired) electrons. The van der Waals surface area contributed by atoms with Gasteiger partial charge in [-0.15, -0.1) is 0 Å². The van der Waals surface area contributed by atoms with Gasteiger partial charge in [0, 0.05) is 4.47 Å². The molecule has 1 atom stereocenters. The van der Waals surface area contributed by atoms with E-state index in [0.717, 1.165) is 10.2 Å². The van der Waals surface area contributed by atoms with E-state index >= 15 is 0 Å². The van der Waals surface area contributed by atoms with Crippen molar-refractivity contribution in [1.29, 1.82) is 0 Å². The minimum Gasteiger partial charge on any atom is -0.483 e. The molecule has 13 heavy (non-hydrogen) atoms. The molecule has 0 heterocycles. The van der Waals surface area contributed by atoms with Crippen molar-refractivity contribution in [2.24, 2.45) is 0 Å². The first-order valence-electron chi connectivity index (χ1n) is 3.98. The van der Waals surface area contributed by atoms with Gasteiger partial charge in [0.15, 0.2) is 6.10 Å². The second-order valence-corrected chi connectivity index (χ2v) is 3.64. The Morgan fingerprint density at radius 2 is 2.38 bits per heavy atom. The molecule has 0 aliphatic carbocycles. The number of rotatable bonds is 3. The number of halogens is 1. The van der Waals surface area contributed by atoms with Crippen LogP contribution in [0.4, 0.5) is 0 Å². The molecule has 1 aromatic rings. The van der Waals surface area contributed by atoms with Gasteiger partial charge in [-0.25, -0.2) is 6.57 Å². The summed E-state index contributed by atoms with van der Waals surface area (Å²) in [7, 11) is 0. The van der Waals surface area contributed by atoms with Crippen LogP contribution in [0.3, 0.4) is 0 Å². The topological polar surface area (TPSA) is 13.6 Å². The quantitative estimate of drug-likeness (QED) is 0.740. The lowest BCUT2D eigenvalue weighted by atomic mass is 10.3. The van der Waals surface area contributed by atoms with Crippen molar-refractivity contribution in [1.82, 2.24) is 0 Å². The van der Waals surface area contributed by atoms with Crippen LogP contribution in [0.2, 0.25) is 0 Å². The Balaban J connectivity index is 2.59. The summed E-state index contributed by atoms with van der Waals surface area (Å²) in [4.78, 5) is 3.27. The summed E-state index contributed by atoms with van der Waals surface area (Å²) in [6.45, 7) is 8.96. The third-order valence-electron chi connectivity index (χ3n) is 1.48. The maximum absolute atomic E-state index is 6.68. The molecule has 1 aromatic carbocycles.